The van der Waals surface area contributed by atoms with Crippen LogP contribution in [0.1, 0.15) is 34.7 Å². The minimum atomic E-state index is -0.399. The number of hydrogen-bond donors (Lipinski definition) is 1. The second-order valence-electron chi connectivity index (χ2n) is 3.66. The van der Waals surface area contributed by atoms with Crippen LogP contribution in [0, 0.1) is 3.57 Å². The Kier molecular flexibility index (Phi) is 2.86. The molecule has 3 nitrogen and oxygen atoms in total. The highest BCUT2D eigenvalue weighted by Gasteiger charge is 2.28. The Morgan fingerprint density at radius 1 is 1.53 bits per heavy atom. The molecule has 0 aliphatic heterocycles. The predicted octanol–water partition coefficient (Wildman–Crippen LogP) is 2.66. The highest BCUT2D eigenvalue weighted by Crippen LogP contribution is 2.44. The third-order valence-corrected chi connectivity index (χ3v) is 3.70. The number of benzene rings is 1. The summed E-state index contributed by atoms with van der Waals surface area (Å²) in [6.07, 6.45) is 2.28. The molecule has 0 radical (unpaired) electrons. The number of esters is 1. The Bertz CT molecular complexity index is 411. The van der Waals surface area contributed by atoms with Gasteiger partial charge in [-0.3, -0.25) is 0 Å². The van der Waals surface area contributed by atoms with Crippen LogP contribution in [0.2, 0.25) is 0 Å². The van der Waals surface area contributed by atoms with E-state index in [2.05, 4.69) is 27.3 Å². The minimum Gasteiger partial charge on any atom is -0.507 e. The van der Waals surface area contributed by atoms with Crippen LogP contribution in [0.25, 0.3) is 0 Å². The first kappa shape index (κ1) is 10.7. The van der Waals surface area contributed by atoms with Crippen molar-refractivity contribution in [2.75, 3.05) is 7.11 Å². The summed E-state index contributed by atoms with van der Waals surface area (Å²) in [5.41, 5.74) is 1.49. The first-order chi connectivity index (χ1) is 7.13. The fourth-order valence-electron chi connectivity index (χ4n) is 1.56. The lowest BCUT2D eigenvalue weighted by molar-refractivity contribution is 0.0600. The summed E-state index contributed by atoms with van der Waals surface area (Å²) in [5, 5.41) is 9.69. The SMILES string of the molecule is COC(=O)c1cc(O)c(I)c(C2CC2)c1. The summed E-state index contributed by atoms with van der Waals surface area (Å²) in [4.78, 5) is 11.3. The Morgan fingerprint density at radius 3 is 2.73 bits per heavy atom. The third kappa shape index (κ3) is 2.09. The molecular weight excluding hydrogens is 307 g/mol. The second kappa shape index (κ2) is 4.00. The quantitative estimate of drug-likeness (QED) is 0.674. The van der Waals surface area contributed by atoms with E-state index in [1.54, 1.807) is 0 Å². The van der Waals surface area contributed by atoms with Crippen LogP contribution < -0.4 is 0 Å². The monoisotopic (exact) mass is 318 g/mol. The average Bonchev–Trinajstić information content (AvgIpc) is 3.04. The Morgan fingerprint density at radius 2 is 2.20 bits per heavy atom. The normalized spacial score (nSPS) is 15.1. The fraction of sp³-hybridized carbons (Fsp3) is 0.364. The summed E-state index contributed by atoms with van der Waals surface area (Å²) >= 11 is 2.11. The van der Waals surface area contributed by atoms with Crippen molar-refractivity contribution in [2.24, 2.45) is 0 Å². The largest absolute Gasteiger partial charge is 0.507 e. The number of hydrogen-bond acceptors (Lipinski definition) is 3. The molecule has 1 aromatic rings. The maximum atomic E-state index is 11.3. The van der Waals surface area contributed by atoms with Crippen LogP contribution in [-0.4, -0.2) is 18.2 Å². The molecule has 2 rings (SSSR count). The number of ether oxygens (including phenoxy) is 1. The van der Waals surface area contributed by atoms with Crippen LogP contribution in [-0.2, 0) is 4.74 Å². The molecule has 0 spiro atoms. The van der Waals surface area contributed by atoms with Gasteiger partial charge in [-0.1, -0.05) is 0 Å². The van der Waals surface area contributed by atoms with E-state index in [0.717, 1.165) is 22.0 Å². The van der Waals surface area contributed by atoms with Gasteiger partial charge in [0.2, 0.25) is 0 Å². The van der Waals surface area contributed by atoms with Crippen molar-refractivity contribution < 1.29 is 14.6 Å². The summed E-state index contributed by atoms with van der Waals surface area (Å²) in [6.45, 7) is 0. The summed E-state index contributed by atoms with van der Waals surface area (Å²) < 4.78 is 5.48. The molecule has 1 aliphatic carbocycles. The van der Waals surface area contributed by atoms with Crippen LogP contribution in [0.4, 0.5) is 0 Å². The van der Waals surface area contributed by atoms with Gasteiger partial charge in [0.1, 0.15) is 5.75 Å². The standard InChI is InChI=1S/C11H11IO3/c1-15-11(14)7-4-8(6-2-3-6)10(12)9(13)5-7/h4-6,13H,2-3H2,1H3. The molecule has 1 saturated carbocycles. The topological polar surface area (TPSA) is 46.5 Å². The molecule has 1 N–H and O–H groups in total. The van der Waals surface area contributed by atoms with Crippen molar-refractivity contribution >= 4 is 28.6 Å². The molecular formula is C11H11IO3. The van der Waals surface area contributed by atoms with Gasteiger partial charge in [0.05, 0.1) is 16.2 Å². The zero-order chi connectivity index (χ0) is 11.0. The molecule has 1 fully saturated rings. The van der Waals surface area contributed by atoms with Crippen molar-refractivity contribution in [3.8, 4) is 5.75 Å². The van der Waals surface area contributed by atoms with E-state index >= 15 is 0 Å². The molecule has 0 atom stereocenters. The summed E-state index contributed by atoms with van der Waals surface area (Å²) in [7, 11) is 1.34. The van der Waals surface area contributed by atoms with Gasteiger partial charge in [-0.15, -0.1) is 0 Å². The molecule has 80 valence electrons. The minimum absolute atomic E-state index is 0.167. The van der Waals surface area contributed by atoms with Gasteiger partial charge in [-0.2, -0.15) is 0 Å². The number of phenolic OH excluding ortho intramolecular Hbond substituents is 1. The maximum absolute atomic E-state index is 11.3. The van der Waals surface area contributed by atoms with E-state index in [1.165, 1.54) is 13.2 Å². The van der Waals surface area contributed by atoms with Crippen molar-refractivity contribution in [1.29, 1.82) is 0 Å². The zero-order valence-corrected chi connectivity index (χ0v) is 10.4. The van der Waals surface area contributed by atoms with Gasteiger partial charge < -0.3 is 9.84 Å². The molecule has 0 amide bonds. The second-order valence-corrected chi connectivity index (χ2v) is 4.74. The molecule has 1 aromatic carbocycles. The van der Waals surface area contributed by atoms with E-state index in [-0.39, 0.29) is 5.75 Å². The summed E-state index contributed by atoms with van der Waals surface area (Å²) in [6, 6.07) is 3.28. The zero-order valence-electron chi connectivity index (χ0n) is 8.29. The number of carbonyl (C=O) groups is 1. The molecule has 15 heavy (non-hydrogen) atoms. The van der Waals surface area contributed by atoms with Crippen molar-refractivity contribution in [3.63, 3.8) is 0 Å². The Hall–Kier alpha value is -0.780. The first-order valence-electron chi connectivity index (χ1n) is 4.74. The molecule has 0 bridgehead atoms. The average molecular weight is 318 g/mol. The number of methoxy groups -OCH3 is 1. The van der Waals surface area contributed by atoms with Gasteiger partial charge >= 0.3 is 5.97 Å². The predicted molar refractivity (Wildman–Crippen MR) is 64.1 cm³/mol. The molecule has 4 heteroatoms. The smallest absolute Gasteiger partial charge is 0.337 e. The number of phenols is 1. The van der Waals surface area contributed by atoms with Crippen LogP contribution in [0.3, 0.4) is 0 Å². The fourth-order valence-corrected chi connectivity index (χ4v) is 2.31. The lowest BCUT2D eigenvalue weighted by atomic mass is 10.1. The maximum Gasteiger partial charge on any atom is 0.337 e. The number of halogens is 1. The van der Waals surface area contributed by atoms with Gasteiger partial charge in [0.25, 0.3) is 0 Å². The molecule has 0 unspecified atom stereocenters. The lowest BCUT2D eigenvalue weighted by Crippen LogP contribution is -2.02. The van der Waals surface area contributed by atoms with Crippen molar-refractivity contribution in [1.82, 2.24) is 0 Å². The number of carbonyl (C=O) groups excluding carboxylic acids is 1. The summed E-state index contributed by atoms with van der Waals surface area (Å²) in [5.74, 6) is 0.274. The third-order valence-electron chi connectivity index (χ3n) is 2.52. The van der Waals surface area contributed by atoms with Crippen LogP contribution >= 0.6 is 22.6 Å². The molecule has 1 aliphatic rings. The van der Waals surface area contributed by atoms with E-state index in [4.69, 9.17) is 0 Å². The van der Waals surface area contributed by atoms with E-state index in [9.17, 15) is 9.90 Å². The van der Waals surface area contributed by atoms with E-state index < -0.39 is 5.97 Å². The molecule has 0 heterocycles. The molecule has 0 saturated heterocycles. The van der Waals surface area contributed by atoms with Gasteiger partial charge in [0, 0.05) is 0 Å². The van der Waals surface area contributed by atoms with E-state index in [0.29, 0.717) is 11.5 Å². The van der Waals surface area contributed by atoms with Crippen molar-refractivity contribution in [2.45, 2.75) is 18.8 Å². The number of rotatable bonds is 2. The molecule has 0 aromatic heterocycles. The Balaban J connectivity index is 2.45. The van der Waals surface area contributed by atoms with E-state index in [1.807, 2.05) is 6.07 Å². The van der Waals surface area contributed by atoms with Gasteiger partial charge in [-0.05, 0) is 59.0 Å². The van der Waals surface area contributed by atoms with Crippen molar-refractivity contribution in [3.05, 3.63) is 26.8 Å². The Labute approximate surface area is 102 Å². The van der Waals surface area contributed by atoms with Gasteiger partial charge in [-0.25, -0.2) is 4.79 Å². The number of aromatic hydroxyl groups is 1. The van der Waals surface area contributed by atoms with Crippen LogP contribution in [0.15, 0.2) is 12.1 Å². The highest BCUT2D eigenvalue weighted by molar-refractivity contribution is 14.1. The highest BCUT2D eigenvalue weighted by atomic mass is 127. The first-order valence-corrected chi connectivity index (χ1v) is 5.82. The van der Waals surface area contributed by atoms with Gasteiger partial charge in [0.15, 0.2) is 0 Å². The lowest BCUT2D eigenvalue weighted by Gasteiger charge is -2.07. The van der Waals surface area contributed by atoms with Crippen LogP contribution in [0.5, 0.6) is 5.75 Å².